The van der Waals surface area contributed by atoms with Gasteiger partial charge in [-0.2, -0.15) is 5.26 Å². The number of nitrogens with one attached hydrogen (secondary N) is 1. The Morgan fingerprint density at radius 1 is 1.24 bits per heavy atom. The molecular formula is C18H14BrFN2O3. The fourth-order valence-corrected chi connectivity index (χ4v) is 2.93. The maximum atomic E-state index is 13.7. The largest absolute Gasteiger partial charge is 0.452 e. The Bertz CT molecular complexity index is 867. The lowest BCUT2D eigenvalue weighted by Crippen LogP contribution is -2.22. The maximum absolute atomic E-state index is 13.7. The second kappa shape index (κ2) is 7.90. The van der Waals surface area contributed by atoms with Crippen LogP contribution in [-0.4, -0.2) is 18.5 Å². The van der Waals surface area contributed by atoms with Crippen LogP contribution >= 0.6 is 15.9 Å². The Kier molecular flexibility index (Phi) is 5.88. The quantitative estimate of drug-likeness (QED) is 0.784. The van der Waals surface area contributed by atoms with Crippen LogP contribution in [0.15, 0.2) is 34.8 Å². The van der Waals surface area contributed by atoms with E-state index in [0.29, 0.717) is 5.69 Å². The summed E-state index contributed by atoms with van der Waals surface area (Å²) in [7, 11) is 0. The molecule has 5 nitrogen and oxygen atoms in total. The number of carbonyl (C=O) groups excluding carboxylic acids is 2. The van der Waals surface area contributed by atoms with Crippen molar-refractivity contribution in [2.24, 2.45) is 0 Å². The molecule has 0 aliphatic heterocycles. The van der Waals surface area contributed by atoms with Crippen molar-refractivity contribution in [2.75, 3.05) is 11.9 Å². The number of hydrogen-bond acceptors (Lipinski definition) is 4. The highest BCUT2D eigenvalue weighted by molar-refractivity contribution is 9.10. The molecule has 0 heterocycles. The van der Waals surface area contributed by atoms with Gasteiger partial charge in [0.1, 0.15) is 5.82 Å². The SMILES string of the molecule is Cc1cc(Br)cc(C)c1NC(=O)COC(=O)c1ccc(C#N)cc1F. The van der Waals surface area contributed by atoms with Crippen molar-refractivity contribution in [3.8, 4) is 6.07 Å². The molecule has 0 aliphatic rings. The zero-order valence-corrected chi connectivity index (χ0v) is 15.1. The smallest absolute Gasteiger partial charge is 0.341 e. The van der Waals surface area contributed by atoms with E-state index in [4.69, 9.17) is 10.00 Å². The van der Waals surface area contributed by atoms with Crippen LogP contribution in [-0.2, 0) is 9.53 Å². The summed E-state index contributed by atoms with van der Waals surface area (Å²) in [5.74, 6) is -2.37. The summed E-state index contributed by atoms with van der Waals surface area (Å²) in [6.07, 6.45) is 0. The molecule has 0 atom stereocenters. The van der Waals surface area contributed by atoms with Crippen molar-refractivity contribution in [1.82, 2.24) is 0 Å². The first-order valence-electron chi connectivity index (χ1n) is 7.25. The van der Waals surface area contributed by atoms with Gasteiger partial charge in [0.05, 0.1) is 17.2 Å². The van der Waals surface area contributed by atoms with E-state index in [-0.39, 0.29) is 11.1 Å². The average molecular weight is 405 g/mol. The third-order valence-corrected chi connectivity index (χ3v) is 3.87. The number of halogens is 2. The Labute approximate surface area is 152 Å². The molecule has 0 fully saturated rings. The van der Waals surface area contributed by atoms with E-state index in [1.54, 1.807) is 6.07 Å². The first-order valence-corrected chi connectivity index (χ1v) is 8.04. The van der Waals surface area contributed by atoms with Crippen molar-refractivity contribution in [2.45, 2.75) is 13.8 Å². The van der Waals surface area contributed by atoms with Crippen molar-refractivity contribution < 1.29 is 18.7 Å². The molecule has 128 valence electrons. The fourth-order valence-electron chi connectivity index (χ4n) is 2.24. The van der Waals surface area contributed by atoms with Gasteiger partial charge in [-0.1, -0.05) is 15.9 Å². The normalized spacial score (nSPS) is 10.0. The summed E-state index contributed by atoms with van der Waals surface area (Å²) in [5.41, 5.74) is 2.10. The first kappa shape index (κ1) is 18.6. The maximum Gasteiger partial charge on any atom is 0.341 e. The monoisotopic (exact) mass is 404 g/mol. The number of hydrogen-bond donors (Lipinski definition) is 1. The predicted octanol–water partition coefficient (Wildman–Crippen LogP) is 3.87. The Morgan fingerprint density at radius 3 is 2.44 bits per heavy atom. The van der Waals surface area contributed by atoms with E-state index in [2.05, 4.69) is 21.2 Å². The van der Waals surface area contributed by atoms with E-state index in [0.717, 1.165) is 27.7 Å². The van der Waals surface area contributed by atoms with Crippen LogP contribution in [0.25, 0.3) is 0 Å². The average Bonchev–Trinajstić information content (AvgIpc) is 2.55. The Balaban J connectivity index is 2.01. The van der Waals surface area contributed by atoms with Gasteiger partial charge in [0.15, 0.2) is 6.61 Å². The molecule has 0 spiro atoms. The van der Waals surface area contributed by atoms with E-state index in [9.17, 15) is 14.0 Å². The number of nitrogens with zero attached hydrogens (tertiary/aromatic N) is 1. The molecule has 25 heavy (non-hydrogen) atoms. The number of anilines is 1. The molecule has 0 saturated carbocycles. The molecule has 2 aromatic rings. The van der Waals surface area contributed by atoms with Crippen LogP contribution in [0.5, 0.6) is 0 Å². The van der Waals surface area contributed by atoms with E-state index in [1.165, 1.54) is 6.07 Å². The number of carbonyl (C=O) groups is 2. The van der Waals surface area contributed by atoms with E-state index in [1.807, 2.05) is 26.0 Å². The summed E-state index contributed by atoms with van der Waals surface area (Å²) in [5, 5.41) is 11.4. The highest BCUT2D eigenvalue weighted by Crippen LogP contribution is 2.25. The lowest BCUT2D eigenvalue weighted by molar-refractivity contribution is -0.119. The lowest BCUT2D eigenvalue weighted by Gasteiger charge is -2.12. The lowest BCUT2D eigenvalue weighted by atomic mass is 10.1. The number of amides is 1. The molecule has 1 N–H and O–H groups in total. The molecule has 0 saturated heterocycles. The molecule has 0 bridgehead atoms. The molecule has 0 unspecified atom stereocenters. The molecule has 1 amide bonds. The van der Waals surface area contributed by atoms with Gasteiger partial charge >= 0.3 is 5.97 Å². The van der Waals surface area contributed by atoms with Crippen molar-refractivity contribution in [3.05, 3.63) is 62.9 Å². The number of aryl methyl sites for hydroxylation is 2. The van der Waals surface area contributed by atoms with Crippen LogP contribution in [0.2, 0.25) is 0 Å². The number of esters is 1. The Morgan fingerprint density at radius 2 is 1.88 bits per heavy atom. The fraction of sp³-hybridized carbons (Fsp3) is 0.167. The first-order chi connectivity index (χ1) is 11.8. The van der Waals surface area contributed by atoms with E-state index < -0.39 is 24.3 Å². The van der Waals surface area contributed by atoms with Gasteiger partial charge in [-0.05, 0) is 55.3 Å². The zero-order chi connectivity index (χ0) is 18.6. The number of nitriles is 1. The zero-order valence-electron chi connectivity index (χ0n) is 13.5. The van der Waals surface area contributed by atoms with Crippen LogP contribution in [0.4, 0.5) is 10.1 Å². The molecule has 0 radical (unpaired) electrons. The number of benzene rings is 2. The molecule has 2 rings (SSSR count). The predicted molar refractivity (Wildman–Crippen MR) is 93.6 cm³/mol. The minimum Gasteiger partial charge on any atom is -0.452 e. The summed E-state index contributed by atoms with van der Waals surface area (Å²) < 4.78 is 19.5. The number of ether oxygens (including phenoxy) is 1. The second-order valence-corrected chi connectivity index (χ2v) is 6.26. The Hall–Kier alpha value is -2.72. The van der Waals surface area contributed by atoms with Crippen LogP contribution in [0, 0.1) is 31.0 Å². The van der Waals surface area contributed by atoms with Gasteiger partial charge in [0.2, 0.25) is 0 Å². The molecule has 0 aromatic heterocycles. The highest BCUT2D eigenvalue weighted by atomic mass is 79.9. The molecular weight excluding hydrogens is 391 g/mol. The summed E-state index contributed by atoms with van der Waals surface area (Å²) in [6, 6.07) is 8.85. The second-order valence-electron chi connectivity index (χ2n) is 5.35. The summed E-state index contributed by atoms with van der Waals surface area (Å²) >= 11 is 3.37. The third kappa shape index (κ3) is 4.64. The van der Waals surface area contributed by atoms with Gasteiger partial charge in [-0.25, -0.2) is 9.18 Å². The summed E-state index contributed by atoms with van der Waals surface area (Å²) in [6.45, 7) is 3.13. The molecule has 0 aliphatic carbocycles. The number of rotatable bonds is 4. The van der Waals surface area contributed by atoms with Crippen molar-refractivity contribution in [1.29, 1.82) is 5.26 Å². The van der Waals surface area contributed by atoms with Gasteiger partial charge in [0, 0.05) is 10.2 Å². The summed E-state index contributed by atoms with van der Waals surface area (Å²) in [4.78, 5) is 23.9. The van der Waals surface area contributed by atoms with E-state index >= 15 is 0 Å². The molecule has 7 heteroatoms. The van der Waals surface area contributed by atoms with Gasteiger partial charge in [-0.15, -0.1) is 0 Å². The standard InChI is InChI=1S/C18H14BrFN2O3/c1-10-5-13(19)6-11(2)17(10)22-16(23)9-25-18(24)14-4-3-12(8-21)7-15(14)20/h3-7H,9H2,1-2H3,(H,22,23). The van der Waals surface area contributed by atoms with Crippen LogP contribution in [0.3, 0.4) is 0 Å². The van der Waals surface area contributed by atoms with Crippen LogP contribution < -0.4 is 5.32 Å². The van der Waals surface area contributed by atoms with Gasteiger partial charge in [-0.3, -0.25) is 4.79 Å². The van der Waals surface area contributed by atoms with Gasteiger partial charge in [0.25, 0.3) is 5.91 Å². The van der Waals surface area contributed by atoms with Crippen molar-refractivity contribution in [3.63, 3.8) is 0 Å². The minimum atomic E-state index is -0.971. The molecule has 2 aromatic carbocycles. The van der Waals surface area contributed by atoms with Gasteiger partial charge < -0.3 is 10.1 Å². The van der Waals surface area contributed by atoms with Crippen LogP contribution in [0.1, 0.15) is 27.0 Å². The third-order valence-electron chi connectivity index (χ3n) is 3.41. The highest BCUT2D eigenvalue weighted by Gasteiger charge is 2.16. The minimum absolute atomic E-state index is 0.0907. The topological polar surface area (TPSA) is 79.2 Å². The van der Waals surface area contributed by atoms with Crippen molar-refractivity contribution >= 4 is 33.5 Å².